The van der Waals surface area contributed by atoms with Gasteiger partial charge < -0.3 is 4.90 Å². The third kappa shape index (κ3) is 4.16. The van der Waals surface area contributed by atoms with E-state index in [1.54, 1.807) is 12.7 Å². The quantitative estimate of drug-likeness (QED) is 0.179. The Bertz CT molecular complexity index is 2580. The number of fused-ring (bicyclic) bond motifs is 6. The summed E-state index contributed by atoms with van der Waals surface area (Å²) < 4.78 is 0. The van der Waals surface area contributed by atoms with E-state index in [1.807, 2.05) is 6.07 Å². The van der Waals surface area contributed by atoms with Crippen molar-refractivity contribution in [3.05, 3.63) is 181 Å². The number of nitrogens with zero attached hydrogens (tertiary/aromatic N) is 5. The zero-order valence-corrected chi connectivity index (χ0v) is 27.9. The first kappa shape index (κ1) is 28.7. The minimum Gasteiger partial charge on any atom is -0.321 e. The zero-order valence-electron chi connectivity index (χ0n) is 27.9. The number of hydrogen-bond donors (Lipinski definition) is 0. The largest absolute Gasteiger partial charge is 0.321 e. The highest BCUT2D eigenvalue weighted by molar-refractivity contribution is 6.14. The summed E-state index contributed by atoms with van der Waals surface area (Å²) in [5, 5.41) is 5.05. The molecular formula is C45H33N5. The first-order chi connectivity index (χ1) is 24.6. The molecule has 0 spiro atoms. The van der Waals surface area contributed by atoms with Crippen molar-refractivity contribution in [1.82, 2.24) is 19.9 Å². The van der Waals surface area contributed by atoms with Gasteiger partial charge in [-0.1, -0.05) is 117 Å². The van der Waals surface area contributed by atoms with Crippen molar-refractivity contribution in [2.24, 2.45) is 0 Å². The average Bonchev–Trinajstić information content (AvgIpc) is 3.63. The van der Waals surface area contributed by atoms with Crippen molar-refractivity contribution < 1.29 is 0 Å². The Balaban J connectivity index is 1.18. The molecule has 0 unspecified atom stereocenters. The van der Waals surface area contributed by atoms with Crippen molar-refractivity contribution in [3.63, 3.8) is 0 Å². The Morgan fingerprint density at radius 1 is 0.620 bits per heavy atom. The molecule has 5 heteroatoms. The molecule has 10 rings (SSSR count). The molecule has 1 aromatic heterocycles. The monoisotopic (exact) mass is 643 g/mol. The Morgan fingerprint density at radius 3 is 2.20 bits per heavy atom. The molecular weight excluding hydrogens is 611 g/mol. The molecule has 0 radical (unpaired) electrons. The Labute approximate surface area is 291 Å². The topological polar surface area (TPSA) is 45.2 Å². The van der Waals surface area contributed by atoms with E-state index >= 15 is 0 Å². The highest BCUT2D eigenvalue weighted by Crippen LogP contribution is 2.52. The van der Waals surface area contributed by atoms with E-state index in [-0.39, 0.29) is 5.41 Å². The van der Waals surface area contributed by atoms with Crippen LogP contribution in [0.2, 0.25) is 0 Å². The summed E-state index contributed by atoms with van der Waals surface area (Å²) >= 11 is 0. The van der Waals surface area contributed by atoms with Crippen LogP contribution in [0.25, 0.3) is 55.2 Å². The molecule has 0 N–H and O–H groups in total. The van der Waals surface area contributed by atoms with Gasteiger partial charge in [-0.25, -0.2) is 15.0 Å². The number of para-hydroxylation sites is 1. The fourth-order valence-corrected chi connectivity index (χ4v) is 8.32. The van der Waals surface area contributed by atoms with Gasteiger partial charge in [-0.15, -0.1) is 0 Å². The van der Waals surface area contributed by atoms with Crippen LogP contribution in [0.15, 0.2) is 158 Å². The lowest BCUT2D eigenvalue weighted by atomic mass is 9.81. The summed E-state index contributed by atoms with van der Waals surface area (Å²) in [6.07, 6.45) is 9.63. The van der Waals surface area contributed by atoms with Gasteiger partial charge in [-0.3, -0.25) is 4.90 Å². The second-order valence-electron chi connectivity index (χ2n) is 13.7. The van der Waals surface area contributed by atoms with E-state index in [4.69, 9.17) is 0 Å². The molecule has 2 aliphatic heterocycles. The second-order valence-corrected chi connectivity index (χ2v) is 13.7. The lowest BCUT2D eigenvalue weighted by molar-refractivity contribution is 0.546. The van der Waals surface area contributed by atoms with E-state index in [1.165, 1.54) is 54.9 Å². The van der Waals surface area contributed by atoms with E-state index in [2.05, 4.69) is 172 Å². The maximum atomic E-state index is 4.66. The number of benzene rings is 6. The minimum atomic E-state index is -0.0774. The van der Waals surface area contributed by atoms with Gasteiger partial charge >= 0.3 is 0 Å². The Morgan fingerprint density at radius 2 is 1.36 bits per heavy atom. The number of anilines is 1. The van der Waals surface area contributed by atoms with Crippen molar-refractivity contribution in [2.45, 2.75) is 19.3 Å². The zero-order chi connectivity index (χ0) is 33.4. The molecule has 5 nitrogen and oxygen atoms in total. The van der Waals surface area contributed by atoms with E-state index in [9.17, 15) is 0 Å². The number of allylic oxidation sites excluding steroid dienone is 2. The van der Waals surface area contributed by atoms with Crippen molar-refractivity contribution in [3.8, 4) is 22.3 Å². The van der Waals surface area contributed by atoms with Gasteiger partial charge in [-0.05, 0) is 91.3 Å². The van der Waals surface area contributed by atoms with Crippen molar-refractivity contribution in [2.75, 3.05) is 11.4 Å². The second kappa shape index (κ2) is 10.8. The number of aromatic nitrogens is 3. The summed E-state index contributed by atoms with van der Waals surface area (Å²) in [5.41, 5.74) is 12.0. The van der Waals surface area contributed by atoms with E-state index < -0.39 is 0 Å². The Hall–Kier alpha value is -6.33. The van der Waals surface area contributed by atoms with Crippen LogP contribution in [0.1, 0.15) is 36.4 Å². The maximum absolute atomic E-state index is 4.66. The molecule has 238 valence electrons. The molecule has 0 fully saturated rings. The maximum Gasteiger partial charge on any atom is 0.181 e. The third-order valence-corrected chi connectivity index (χ3v) is 10.6. The van der Waals surface area contributed by atoms with Gasteiger partial charge in [0.2, 0.25) is 0 Å². The van der Waals surface area contributed by atoms with Crippen LogP contribution < -0.4 is 4.90 Å². The van der Waals surface area contributed by atoms with Crippen molar-refractivity contribution in [1.29, 1.82) is 0 Å². The third-order valence-electron chi connectivity index (χ3n) is 10.6. The molecule has 0 bridgehead atoms. The van der Waals surface area contributed by atoms with Gasteiger partial charge in [0, 0.05) is 23.2 Å². The summed E-state index contributed by atoms with van der Waals surface area (Å²) in [6, 6.07) is 44.5. The number of rotatable bonds is 4. The predicted molar refractivity (Wildman–Crippen MR) is 204 cm³/mol. The van der Waals surface area contributed by atoms with Crippen LogP contribution in [-0.4, -0.2) is 26.4 Å². The van der Waals surface area contributed by atoms with E-state index in [0.717, 1.165) is 35.0 Å². The molecule has 50 heavy (non-hydrogen) atoms. The van der Waals surface area contributed by atoms with Crippen LogP contribution in [0.3, 0.4) is 0 Å². The SMILES string of the molecule is CC1(C)c2ccccc2-c2cc3cc4ccccc4c(-c4ccc(C5=C(c6ncncn6)N(c6ccccc6)C6=CC=CCN65)cc4)c3cc21. The molecule has 7 aromatic rings. The molecule has 0 atom stereocenters. The standard InChI is InChI=1S/C45H33N5/c1-45(2)38-17-9-8-16-35(38)37-25-32-24-31-12-6-7-15-34(31)41(36(32)26-39(37)45)29-19-21-30(22-20-29)42-43(44-47-27-46-28-48-44)50(33-13-4-3-5-14-33)40-18-10-11-23-49(40)42/h3-22,24-28H,23H2,1-2H3. The first-order valence-corrected chi connectivity index (χ1v) is 17.1. The van der Waals surface area contributed by atoms with Gasteiger partial charge in [0.05, 0.1) is 5.70 Å². The van der Waals surface area contributed by atoms with E-state index in [0.29, 0.717) is 5.82 Å². The molecule has 1 aliphatic carbocycles. The smallest absolute Gasteiger partial charge is 0.181 e. The lowest BCUT2D eigenvalue weighted by Crippen LogP contribution is -2.26. The van der Waals surface area contributed by atoms with Crippen LogP contribution in [0.4, 0.5) is 5.69 Å². The average molecular weight is 644 g/mol. The van der Waals surface area contributed by atoms with Crippen LogP contribution in [0.5, 0.6) is 0 Å². The van der Waals surface area contributed by atoms with Crippen molar-refractivity contribution >= 4 is 38.6 Å². The van der Waals surface area contributed by atoms with Gasteiger partial charge in [0.1, 0.15) is 24.2 Å². The molecule has 3 aliphatic rings. The fourth-order valence-electron chi connectivity index (χ4n) is 8.32. The normalized spacial score (nSPS) is 15.8. The molecule has 0 amide bonds. The highest BCUT2D eigenvalue weighted by Gasteiger charge is 2.38. The highest BCUT2D eigenvalue weighted by atomic mass is 15.4. The van der Waals surface area contributed by atoms with Gasteiger partial charge in [-0.2, -0.15) is 0 Å². The van der Waals surface area contributed by atoms with Crippen LogP contribution in [0, 0.1) is 0 Å². The molecule has 0 saturated heterocycles. The summed E-state index contributed by atoms with van der Waals surface area (Å²) in [7, 11) is 0. The summed E-state index contributed by atoms with van der Waals surface area (Å²) in [6.45, 7) is 5.46. The number of hydrogen-bond acceptors (Lipinski definition) is 5. The van der Waals surface area contributed by atoms with Crippen LogP contribution in [-0.2, 0) is 5.41 Å². The first-order valence-electron chi connectivity index (χ1n) is 17.1. The van der Waals surface area contributed by atoms with Crippen LogP contribution >= 0.6 is 0 Å². The predicted octanol–water partition coefficient (Wildman–Crippen LogP) is 10.2. The summed E-state index contributed by atoms with van der Waals surface area (Å²) in [5.74, 6) is 1.71. The fraction of sp³-hybridized carbons (Fsp3) is 0.0889. The minimum absolute atomic E-state index is 0.0774. The lowest BCUT2D eigenvalue weighted by Gasteiger charge is -2.28. The summed E-state index contributed by atoms with van der Waals surface area (Å²) in [4.78, 5) is 18.1. The van der Waals surface area contributed by atoms with Gasteiger partial charge in [0.15, 0.2) is 5.82 Å². The molecule has 3 heterocycles. The Kier molecular flexibility index (Phi) is 6.21. The van der Waals surface area contributed by atoms with Gasteiger partial charge in [0.25, 0.3) is 0 Å². The molecule has 6 aromatic carbocycles. The molecule has 0 saturated carbocycles.